The van der Waals surface area contributed by atoms with Crippen molar-refractivity contribution < 1.29 is 66.3 Å². The number of rotatable bonds is 42. The number of unbranched alkanes of at least 4 members (excludes halogenated alkanes) is 14. The minimum Gasteiger partial charge on any atom is -0.462 e. The molecule has 3 unspecified atom stereocenters. The predicted molar refractivity (Wildman–Crippen MR) is 279 cm³/mol. The van der Waals surface area contributed by atoms with Crippen molar-refractivity contribution in [3.63, 3.8) is 0 Å². The van der Waals surface area contributed by atoms with Crippen molar-refractivity contribution in [3.05, 3.63) is 95.7 Å². The zero-order valence-corrected chi connectivity index (χ0v) is 44.5. The number of carbonyl (C=O) groups is 2. The molecule has 7 atom stereocenters. The Morgan fingerprint density at radius 3 is 1.74 bits per heavy atom. The lowest BCUT2D eigenvalue weighted by Crippen LogP contribution is -2.36. The summed E-state index contributed by atoms with van der Waals surface area (Å²) in [5, 5.41) is 20.9. The molecule has 1 aromatic heterocycles. The van der Waals surface area contributed by atoms with Gasteiger partial charge in [-0.1, -0.05) is 145 Å². The van der Waals surface area contributed by atoms with E-state index in [1.807, 2.05) is 0 Å². The molecule has 0 aromatic carbocycles. The number of hydrogen-bond donors (Lipinski definition) is 5. The molecule has 1 aliphatic rings. The van der Waals surface area contributed by atoms with Crippen LogP contribution in [0.2, 0.25) is 0 Å². The zero-order chi connectivity index (χ0) is 52.7. The maximum Gasteiger partial charge on any atom is 0.481 e. The van der Waals surface area contributed by atoms with Crippen LogP contribution in [0.4, 0.5) is 5.82 Å². The molecule has 1 saturated heterocycles. The van der Waals surface area contributed by atoms with Gasteiger partial charge in [0.15, 0.2) is 12.3 Å². The largest absolute Gasteiger partial charge is 0.481 e. The molecule has 0 amide bonds. The Hall–Kier alpha value is -3.80. The first kappa shape index (κ1) is 64.3. The number of aromatic nitrogens is 2. The third-order valence-corrected chi connectivity index (χ3v) is 13.9. The summed E-state index contributed by atoms with van der Waals surface area (Å²) in [6.45, 7) is 1.99. The lowest BCUT2D eigenvalue weighted by molar-refractivity contribution is -0.161. The third kappa shape index (κ3) is 31.7. The van der Waals surface area contributed by atoms with Gasteiger partial charge >= 0.3 is 33.3 Å². The summed E-state index contributed by atoms with van der Waals surface area (Å²) in [4.78, 5) is 61.9. The third-order valence-electron chi connectivity index (χ3n) is 11.3. The molecule has 6 N–H and O–H groups in total. The van der Waals surface area contributed by atoms with Crippen LogP contribution in [-0.4, -0.2) is 85.7 Å². The van der Waals surface area contributed by atoms with Crippen LogP contribution < -0.4 is 11.4 Å². The van der Waals surface area contributed by atoms with Crippen molar-refractivity contribution in [3.8, 4) is 0 Å². The van der Waals surface area contributed by atoms with Crippen LogP contribution in [0.3, 0.4) is 0 Å². The van der Waals surface area contributed by atoms with Crippen LogP contribution in [-0.2, 0) is 46.3 Å². The SMILES string of the molecule is CC/C=C\C/C=C\C/C=C\C/C=C\C/C=C\CCCCCC(=O)O[C@H](COC(=O)CCCCCCCCC/C=C\CCCCCC)COP(=O)(O)OP(=O)(O)OC[C@H]1O[C@@H](n2ccc(N)nc2=O)C(O)[C@H]1O. The standard InChI is InChI=1S/C52H85N3O15P2/c1-3-5-7-9-11-13-15-17-19-20-21-22-24-26-28-30-32-34-36-38-48(57)68-44(41-65-47(56)37-35-33-31-29-27-25-23-18-16-14-12-10-8-6-4-2)42-66-71(61,62)70-72(63,64)67-43-45-49(58)50(59)51(69-45)55-40-39-46(53)54-52(55)60/h5,7,11,13-14,16-17,19,21-22,26,28,39-40,44-45,49-51,58-59H,3-4,6,8-10,12,15,18,20,23-25,27,29-38,41-43H2,1-2H3,(H,61,62)(H,63,64)(H2,53,54,60)/b7-5-,13-11-,16-14-,19-17-,22-21-,28-26-/t44-,45-,49+,50?,51-/m1/s1. The second kappa shape index (κ2) is 39.6. The van der Waals surface area contributed by atoms with E-state index >= 15 is 0 Å². The Kier molecular flexibility index (Phi) is 35.4. The summed E-state index contributed by atoms with van der Waals surface area (Å²) in [6, 6.07) is 1.25. The summed E-state index contributed by atoms with van der Waals surface area (Å²) in [5.41, 5.74) is 4.59. The minimum absolute atomic E-state index is 0.00697. The summed E-state index contributed by atoms with van der Waals surface area (Å²) < 4.78 is 56.8. The smallest absolute Gasteiger partial charge is 0.462 e. The molecule has 20 heteroatoms. The maximum atomic E-state index is 12.9. The van der Waals surface area contributed by atoms with Crippen LogP contribution in [0.15, 0.2) is 90.0 Å². The van der Waals surface area contributed by atoms with Gasteiger partial charge < -0.3 is 39.9 Å². The van der Waals surface area contributed by atoms with Gasteiger partial charge in [-0.3, -0.25) is 23.2 Å². The number of aliphatic hydroxyl groups excluding tert-OH is 2. The topological polar surface area (TPSA) is 265 Å². The Bertz CT molecular complexity index is 1990. The lowest BCUT2D eigenvalue weighted by Gasteiger charge is -2.21. The molecular formula is C52H85N3O15P2. The van der Waals surface area contributed by atoms with Crippen molar-refractivity contribution in [2.24, 2.45) is 0 Å². The predicted octanol–water partition coefficient (Wildman–Crippen LogP) is 10.9. The molecular weight excluding hydrogens is 969 g/mol. The highest BCUT2D eigenvalue weighted by Crippen LogP contribution is 2.60. The van der Waals surface area contributed by atoms with Crippen molar-refractivity contribution >= 4 is 33.4 Å². The van der Waals surface area contributed by atoms with Gasteiger partial charge in [0.05, 0.1) is 13.2 Å². The summed E-state index contributed by atoms with van der Waals surface area (Å²) in [6.07, 6.45) is 41.2. The Balaban J connectivity index is 1.81. The average molecular weight is 1050 g/mol. The van der Waals surface area contributed by atoms with Gasteiger partial charge in [-0.05, 0) is 89.5 Å². The molecule has 0 radical (unpaired) electrons. The number of ether oxygens (including phenoxy) is 3. The monoisotopic (exact) mass is 1050 g/mol. The molecule has 72 heavy (non-hydrogen) atoms. The van der Waals surface area contributed by atoms with Crippen LogP contribution in [0.25, 0.3) is 0 Å². The highest BCUT2D eigenvalue weighted by Gasteiger charge is 2.46. The Labute approximate surface area is 427 Å². The first-order chi connectivity index (χ1) is 34.7. The number of hydrogen-bond acceptors (Lipinski definition) is 15. The quantitative estimate of drug-likeness (QED) is 0.0176. The molecule has 0 aliphatic carbocycles. The molecule has 1 fully saturated rings. The second-order valence-corrected chi connectivity index (χ2v) is 20.7. The van der Waals surface area contributed by atoms with E-state index < -0.39 is 83.7 Å². The van der Waals surface area contributed by atoms with Crippen molar-refractivity contribution in [1.29, 1.82) is 0 Å². The number of carbonyl (C=O) groups excluding carboxylic acids is 2. The second-order valence-electron chi connectivity index (χ2n) is 17.6. The lowest BCUT2D eigenvalue weighted by atomic mass is 10.1. The van der Waals surface area contributed by atoms with E-state index in [2.05, 4.69) is 96.1 Å². The summed E-state index contributed by atoms with van der Waals surface area (Å²) in [5.74, 6) is -1.34. The molecule has 0 saturated carbocycles. The maximum absolute atomic E-state index is 12.9. The molecule has 408 valence electrons. The molecule has 18 nitrogen and oxygen atoms in total. The van der Waals surface area contributed by atoms with E-state index in [1.54, 1.807) is 0 Å². The highest BCUT2D eigenvalue weighted by atomic mass is 31.3. The number of nitrogens with two attached hydrogens (primary N) is 1. The Morgan fingerprint density at radius 2 is 1.17 bits per heavy atom. The molecule has 0 bridgehead atoms. The fourth-order valence-corrected chi connectivity index (χ4v) is 9.38. The van der Waals surface area contributed by atoms with Gasteiger partial charge in [0.2, 0.25) is 0 Å². The van der Waals surface area contributed by atoms with Gasteiger partial charge in [-0.25, -0.2) is 13.9 Å². The fraction of sp³-hybridized carbons (Fsp3) is 0.654. The molecule has 1 aliphatic heterocycles. The van der Waals surface area contributed by atoms with Crippen LogP contribution in [0, 0.1) is 0 Å². The molecule has 1 aromatic rings. The number of anilines is 1. The molecule has 2 heterocycles. The highest BCUT2D eigenvalue weighted by molar-refractivity contribution is 7.61. The van der Waals surface area contributed by atoms with Crippen molar-refractivity contribution in [1.82, 2.24) is 9.55 Å². The number of nitrogens with zero attached hydrogens (tertiary/aromatic N) is 2. The number of phosphoric ester groups is 2. The number of allylic oxidation sites excluding steroid dienone is 12. The number of esters is 2. The number of nitrogen functional groups attached to an aromatic ring is 1. The van der Waals surface area contributed by atoms with Crippen LogP contribution in [0.5, 0.6) is 0 Å². The van der Waals surface area contributed by atoms with Gasteiger partial charge in [0.25, 0.3) is 0 Å². The molecule has 0 spiro atoms. The van der Waals surface area contributed by atoms with Crippen molar-refractivity contribution in [2.75, 3.05) is 25.6 Å². The molecule has 2 rings (SSSR count). The van der Waals surface area contributed by atoms with Crippen LogP contribution >= 0.6 is 15.6 Å². The van der Waals surface area contributed by atoms with Gasteiger partial charge in [-0.15, -0.1) is 0 Å². The summed E-state index contributed by atoms with van der Waals surface area (Å²) in [7, 11) is -10.9. The van der Waals surface area contributed by atoms with E-state index in [4.69, 9.17) is 29.0 Å². The number of phosphoric acid groups is 2. The first-order valence-corrected chi connectivity index (χ1v) is 28.9. The Morgan fingerprint density at radius 1 is 0.681 bits per heavy atom. The fourth-order valence-electron chi connectivity index (χ4n) is 7.27. The number of aliphatic hydroxyl groups is 2. The van der Waals surface area contributed by atoms with E-state index in [1.165, 1.54) is 31.7 Å². The van der Waals surface area contributed by atoms with Gasteiger partial charge in [-0.2, -0.15) is 9.29 Å². The van der Waals surface area contributed by atoms with E-state index in [-0.39, 0.29) is 18.7 Å². The first-order valence-electron chi connectivity index (χ1n) is 25.9. The van der Waals surface area contributed by atoms with E-state index in [9.17, 15) is 43.5 Å². The zero-order valence-electron chi connectivity index (χ0n) is 42.7. The van der Waals surface area contributed by atoms with E-state index in [0.717, 1.165) is 113 Å². The van der Waals surface area contributed by atoms with Crippen LogP contribution in [0.1, 0.15) is 174 Å². The van der Waals surface area contributed by atoms with Gasteiger partial charge in [0, 0.05) is 19.0 Å². The summed E-state index contributed by atoms with van der Waals surface area (Å²) >= 11 is 0. The average Bonchev–Trinajstić information content (AvgIpc) is 3.62. The van der Waals surface area contributed by atoms with Gasteiger partial charge in [0.1, 0.15) is 30.7 Å². The van der Waals surface area contributed by atoms with Crippen molar-refractivity contribution in [2.45, 2.75) is 199 Å². The normalized spacial score (nSPS) is 19.6. The minimum atomic E-state index is -5.44. The van der Waals surface area contributed by atoms with E-state index in [0.29, 0.717) is 12.8 Å².